The van der Waals surface area contributed by atoms with E-state index in [-0.39, 0.29) is 17.4 Å². The zero-order valence-electron chi connectivity index (χ0n) is 9.46. The van der Waals surface area contributed by atoms with Crippen molar-refractivity contribution in [1.82, 2.24) is 4.98 Å². The van der Waals surface area contributed by atoms with Crippen molar-refractivity contribution >= 4 is 27.5 Å². The van der Waals surface area contributed by atoms with Crippen molar-refractivity contribution in [2.24, 2.45) is 5.92 Å². The van der Waals surface area contributed by atoms with Gasteiger partial charge in [-0.15, -0.1) is 0 Å². The van der Waals surface area contributed by atoms with E-state index < -0.39 is 0 Å². The number of aromatic amines is 1. The highest BCUT2D eigenvalue weighted by Gasteiger charge is 2.21. The Balaban J connectivity index is 2.07. The van der Waals surface area contributed by atoms with Gasteiger partial charge in [0.2, 0.25) is 5.91 Å². The number of anilines is 1. The van der Waals surface area contributed by atoms with E-state index in [2.05, 4.69) is 26.2 Å². The van der Waals surface area contributed by atoms with Crippen LogP contribution >= 0.6 is 15.9 Å². The van der Waals surface area contributed by atoms with E-state index in [0.29, 0.717) is 5.69 Å². The number of rotatable bonds is 2. The molecule has 4 nitrogen and oxygen atoms in total. The van der Waals surface area contributed by atoms with Gasteiger partial charge in [0.05, 0.1) is 0 Å². The van der Waals surface area contributed by atoms with Gasteiger partial charge in [0.15, 0.2) is 0 Å². The van der Waals surface area contributed by atoms with E-state index in [4.69, 9.17) is 0 Å². The smallest absolute Gasteiger partial charge is 0.271 e. The van der Waals surface area contributed by atoms with Gasteiger partial charge in [0, 0.05) is 16.6 Å². The Kier molecular flexibility index (Phi) is 3.99. The number of aromatic nitrogens is 1. The molecule has 0 atom stereocenters. The first-order valence-electron chi connectivity index (χ1n) is 5.86. The molecule has 1 fully saturated rings. The van der Waals surface area contributed by atoms with Crippen molar-refractivity contribution in [3.05, 3.63) is 27.1 Å². The Morgan fingerprint density at radius 1 is 1.35 bits per heavy atom. The van der Waals surface area contributed by atoms with Crippen LogP contribution in [0.5, 0.6) is 0 Å². The fourth-order valence-electron chi connectivity index (χ4n) is 2.15. The average molecular weight is 299 g/mol. The summed E-state index contributed by atoms with van der Waals surface area (Å²) in [5, 5.41) is 2.71. The van der Waals surface area contributed by atoms with Crippen LogP contribution in [0, 0.1) is 5.92 Å². The lowest BCUT2D eigenvalue weighted by atomic mass is 9.88. The van der Waals surface area contributed by atoms with Crippen molar-refractivity contribution in [2.75, 3.05) is 5.32 Å². The standard InChI is InChI=1S/C12H15BrN2O2/c13-9-6-10(12(17)14-7-9)15-11(16)8-4-2-1-3-5-8/h6-8H,1-5H2,(H,14,17)(H,15,16). The van der Waals surface area contributed by atoms with Gasteiger partial charge in [0.25, 0.3) is 5.56 Å². The molecule has 0 radical (unpaired) electrons. The molecule has 92 valence electrons. The zero-order chi connectivity index (χ0) is 12.3. The van der Waals surface area contributed by atoms with Crippen LogP contribution in [0.2, 0.25) is 0 Å². The Hall–Kier alpha value is -1.10. The van der Waals surface area contributed by atoms with E-state index in [1.807, 2.05) is 0 Å². The summed E-state index contributed by atoms with van der Waals surface area (Å²) in [6.07, 6.45) is 6.83. The van der Waals surface area contributed by atoms with Crippen molar-refractivity contribution in [2.45, 2.75) is 32.1 Å². The number of hydrogen-bond donors (Lipinski definition) is 2. The van der Waals surface area contributed by atoms with Gasteiger partial charge >= 0.3 is 0 Å². The summed E-state index contributed by atoms with van der Waals surface area (Å²) >= 11 is 3.26. The largest absolute Gasteiger partial charge is 0.326 e. The van der Waals surface area contributed by atoms with Crippen LogP contribution < -0.4 is 10.9 Å². The molecule has 1 saturated carbocycles. The van der Waals surface area contributed by atoms with E-state index in [1.165, 1.54) is 6.42 Å². The number of carbonyl (C=O) groups excluding carboxylic acids is 1. The minimum atomic E-state index is -0.266. The Morgan fingerprint density at radius 3 is 2.76 bits per heavy atom. The number of pyridine rings is 1. The number of amides is 1. The van der Waals surface area contributed by atoms with E-state index in [0.717, 1.165) is 30.2 Å². The number of nitrogens with one attached hydrogen (secondary N) is 2. The summed E-state index contributed by atoms with van der Waals surface area (Å²) in [5.74, 6) is 0.0235. The molecule has 1 aliphatic carbocycles. The molecule has 0 spiro atoms. The van der Waals surface area contributed by atoms with Gasteiger partial charge in [-0.05, 0) is 34.8 Å². The highest BCUT2D eigenvalue weighted by molar-refractivity contribution is 9.10. The lowest BCUT2D eigenvalue weighted by Gasteiger charge is -2.20. The van der Waals surface area contributed by atoms with Crippen LogP contribution in [0.4, 0.5) is 5.69 Å². The lowest BCUT2D eigenvalue weighted by molar-refractivity contribution is -0.120. The monoisotopic (exact) mass is 298 g/mol. The molecule has 0 aromatic carbocycles. The molecule has 0 aliphatic heterocycles. The maximum atomic E-state index is 12.0. The summed E-state index contributed by atoms with van der Waals surface area (Å²) in [7, 11) is 0. The highest BCUT2D eigenvalue weighted by atomic mass is 79.9. The molecule has 17 heavy (non-hydrogen) atoms. The van der Waals surface area contributed by atoms with Gasteiger partial charge in [-0.3, -0.25) is 9.59 Å². The third kappa shape index (κ3) is 3.19. The number of H-pyrrole nitrogens is 1. The maximum absolute atomic E-state index is 12.0. The quantitative estimate of drug-likeness (QED) is 0.882. The first-order valence-corrected chi connectivity index (χ1v) is 6.65. The van der Waals surface area contributed by atoms with E-state index in [1.54, 1.807) is 12.3 Å². The number of halogens is 1. The first kappa shape index (κ1) is 12.4. The molecule has 0 unspecified atom stereocenters. The molecule has 2 rings (SSSR count). The molecule has 1 heterocycles. The van der Waals surface area contributed by atoms with Gasteiger partial charge in [0.1, 0.15) is 5.69 Å². The van der Waals surface area contributed by atoms with E-state index >= 15 is 0 Å². The molecular weight excluding hydrogens is 284 g/mol. The summed E-state index contributed by atoms with van der Waals surface area (Å²) in [4.78, 5) is 26.0. The molecular formula is C12H15BrN2O2. The van der Waals surface area contributed by atoms with Crippen LogP contribution in [0.15, 0.2) is 21.5 Å². The molecule has 0 bridgehead atoms. The molecule has 1 amide bonds. The Bertz CT molecular complexity index is 464. The second-order valence-electron chi connectivity index (χ2n) is 4.38. The minimum absolute atomic E-state index is 0.0340. The fourth-order valence-corrected chi connectivity index (χ4v) is 2.49. The third-order valence-electron chi connectivity index (χ3n) is 3.10. The Labute approximate surface area is 108 Å². The number of hydrogen-bond acceptors (Lipinski definition) is 2. The molecule has 1 aromatic rings. The van der Waals surface area contributed by atoms with Crippen LogP contribution in [0.3, 0.4) is 0 Å². The Morgan fingerprint density at radius 2 is 2.06 bits per heavy atom. The fraction of sp³-hybridized carbons (Fsp3) is 0.500. The normalized spacial score (nSPS) is 16.8. The van der Waals surface area contributed by atoms with Gasteiger partial charge < -0.3 is 10.3 Å². The predicted octanol–water partition coefficient (Wildman–Crippen LogP) is 2.66. The molecule has 1 aromatic heterocycles. The summed E-state index contributed by atoms with van der Waals surface area (Å²) in [6.45, 7) is 0. The van der Waals surface area contributed by atoms with E-state index in [9.17, 15) is 9.59 Å². The molecule has 1 aliphatic rings. The van der Waals surface area contributed by atoms with Crippen LogP contribution in [-0.2, 0) is 4.79 Å². The van der Waals surface area contributed by atoms with Gasteiger partial charge in [-0.2, -0.15) is 0 Å². The van der Waals surface area contributed by atoms with Crippen LogP contribution in [0.25, 0.3) is 0 Å². The summed E-state index contributed by atoms with van der Waals surface area (Å²) in [5.41, 5.74) is 0.0484. The summed E-state index contributed by atoms with van der Waals surface area (Å²) in [6, 6.07) is 1.62. The molecule has 2 N–H and O–H groups in total. The molecule has 0 saturated heterocycles. The summed E-state index contributed by atoms with van der Waals surface area (Å²) < 4.78 is 0.746. The van der Waals surface area contributed by atoms with Crippen molar-refractivity contribution in [3.63, 3.8) is 0 Å². The molecule has 5 heteroatoms. The minimum Gasteiger partial charge on any atom is -0.326 e. The number of carbonyl (C=O) groups is 1. The third-order valence-corrected chi connectivity index (χ3v) is 3.56. The van der Waals surface area contributed by atoms with Crippen molar-refractivity contribution < 1.29 is 4.79 Å². The van der Waals surface area contributed by atoms with Crippen molar-refractivity contribution in [3.8, 4) is 0 Å². The first-order chi connectivity index (χ1) is 8.16. The van der Waals surface area contributed by atoms with Crippen LogP contribution in [-0.4, -0.2) is 10.9 Å². The second-order valence-corrected chi connectivity index (χ2v) is 5.30. The average Bonchev–Trinajstić information content (AvgIpc) is 2.35. The topological polar surface area (TPSA) is 62.0 Å². The second kappa shape index (κ2) is 5.49. The van der Waals surface area contributed by atoms with Crippen LogP contribution in [0.1, 0.15) is 32.1 Å². The zero-order valence-corrected chi connectivity index (χ0v) is 11.0. The van der Waals surface area contributed by atoms with Gasteiger partial charge in [-0.1, -0.05) is 19.3 Å². The predicted molar refractivity (Wildman–Crippen MR) is 70.0 cm³/mol. The lowest BCUT2D eigenvalue weighted by Crippen LogP contribution is -2.27. The highest BCUT2D eigenvalue weighted by Crippen LogP contribution is 2.24. The maximum Gasteiger partial charge on any atom is 0.271 e. The SMILES string of the molecule is O=C(Nc1cc(Br)c[nH]c1=O)C1CCCCC1. The van der Waals surface area contributed by atoms with Crippen molar-refractivity contribution in [1.29, 1.82) is 0 Å². The van der Waals surface area contributed by atoms with Gasteiger partial charge in [-0.25, -0.2) is 0 Å².